The number of thiocarbonyl (C=S) groups is 1. The number of hydrogen-bond acceptors (Lipinski definition) is 4. The number of hydrogen-bond donors (Lipinski definition) is 0. The number of benzene rings is 1. The zero-order valence-corrected chi connectivity index (χ0v) is 23.9. The molecule has 3 fully saturated rings. The summed E-state index contributed by atoms with van der Waals surface area (Å²) in [5, 5.41) is 9.58. The second-order valence-electron chi connectivity index (χ2n) is 11.8. The molecule has 0 saturated carbocycles. The van der Waals surface area contributed by atoms with Crippen molar-refractivity contribution in [3.05, 3.63) is 29.3 Å². The lowest BCUT2D eigenvalue weighted by Gasteiger charge is -2.28. The number of anilines is 1. The van der Waals surface area contributed by atoms with Gasteiger partial charge in [-0.25, -0.2) is 0 Å². The first kappa shape index (κ1) is 29.6. The number of alkyl halides is 3. The molecule has 10 heteroatoms. The minimum absolute atomic E-state index is 0.265. The first-order valence-electron chi connectivity index (χ1n) is 14.2. The largest absolute Gasteiger partial charge is 0.417 e. The summed E-state index contributed by atoms with van der Waals surface area (Å²) in [6.45, 7) is 10.3. The molecule has 3 heterocycles. The van der Waals surface area contributed by atoms with E-state index in [1.54, 1.807) is 11.0 Å². The molecule has 0 spiro atoms. The number of likely N-dealkylation sites (tertiary alicyclic amines) is 2. The van der Waals surface area contributed by atoms with Crippen LogP contribution in [0.5, 0.6) is 0 Å². The standard InChI is InChI=1S/C29H40F3N5OS/c1-28(2)19-24(21-34-12-8-9-13-34)36(26(28)38)15-7-5-3-4-6-14-35-16-17-37(27(35)39)23-11-10-22(20-33)25(18-23)29(30,31)32/h10-11,18,24H,3-9,12-17,19,21H2,1-2H3. The average Bonchev–Trinajstić information content (AvgIpc) is 3.58. The van der Waals surface area contributed by atoms with E-state index in [-0.39, 0.29) is 11.0 Å². The van der Waals surface area contributed by atoms with Gasteiger partial charge in [-0.1, -0.05) is 33.1 Å². The molecule has 4 rings (SSSR count). The summed E-state index contributed by atoms with van der Waals surface area (Å²) in [7, 11) is 0. The van der Waals surface area contributed by atoms with Crippen LogP contribution in [0.15, 0.2) is 18.2 Å². The molecule has 0 bridgehead atoms. The lowest BCUT2D eigenvalue weighted by molar-refractivity contribution is -0.138. The SMILES string of the molecule is CC1(C)CC(CN2CCCC2)N(CCCCCCCN2CCN(c3ccc(C#N)c(C(F)(F)F)c3)C2=S)C1=O. The van der Waals surface area contributed by atoms with Crippen molar-refractivity contribution in [3.8, 4) is 6.07 Å². The molecule has 0 aromatic heterocycles. The number of halogens is 3. The number of carbonyl (C=O) groups excluding carboxylic acids is 1. The lowest BCUT2D eigenvalue weighted by atomic mass is 9.90. The molecule has 214 valence electrons. The second-order valence-corrected chi connectivity index (χ2v) is 12.1. The molecule has 0 aliphatic carbocycles. The maximum atomic E-state index is 13.4. The van der Waals surface area contributed by atoms with Gasteiger partial charge in [-0.3, -0.25) is 4.79 Å². The zero-order valence-electron chi connectivity index (χ0n) is 23.1. The van der Waals surface area contributed by atoms with E-state index in [1.807, 2.05) is 0 Å². The van der Waals surface area contributed by atoms with E-state index in [2.05, 4.69) is 28.5 Å². The second kappa shape index (κ2) is 12.4. The van der Waals surface area contributed by atoms with Crippen LogP contribution >= 0.6 is 12.2 Å². The molecule has 1 aromatic rings. The van der Waals surface area contributed by atoms with Crippen LogP contribution in [0.25, 0.3) is 0 Å². The summed E-state index contributed by atoms with van der Waals surface area (Å²) in [6.07, 6.45) is 4.04. The van der Waals surface area contributed by atoms with Crippen LogP contribution in [-0.2, 0) is 11.0 Å². The molecule has 1 aromatic carbocycles. The van der Waals surface area contributed by atoms with Crippen molar-refractivity contribution >= 4 is 28.9 Å². The smallest absolute Gasteiger partial charge is 0.347 e. The Kier molecular flexibility index (Phi) is 9.43. The summed E-state index contributed by atoms with van der Waals surface area (Å²) in [6, 6.07) is 5.72. The monoisotopic (exact) mass is 563 g/mol. The maximum absolute atomic E-state index is 13.4. The average molecular weight is 564 g/mol. The molecular formula is C29H40F3N5OS. The van der Waals surface area contributed by atoms with Gasteiger partial charge >= 0.3 is 6.18 Å². The molecule has 3 aliphatic rings. The maximum Gasteiger partial charge on any atom is 0.417 e. The van der Waals surface area contributed by atoms with Crippen LogP contribution in [0, 0.1) is 16.7 Å². The Morgan fingerprint density at radius 3 is 2.36 bits per heavy atom. The molecule has 0 N–H and O–H groups in total. The normalized spacial score (nSPS) is 21.8. The van der Waals surface area contributed by atoms with Crippen molar-refractivity contribution < 1.29 is 18.0 Å². The minimum Gasteiger partial charge on any atom is -0.347 e. The van der Waals surface area contributed by atoms with Crippen molar-refractivity contribution in [2.75, 3.05) is 50.7 Å². The van der Waals surface area contributed by atoms with Gasteiger partial charge in [0.2, 0.25) is 5.91 Å². The van der Waals surface area contributed by atoms with Gasteiger partial charge in [-0.15, -0.1) is 0 Å². The van der Waals surface area contributed by atoms with E-state index in [0.29, 0.717) is 35.8 Å². The molecule has 3 aliphatic heterocycles. The number of nitriles is 1. The molecule has 1 atom stereocenters. The number of amides is 1. The molecule has 6 nitrogen and oxygen atoms in total. The first-order valence-corrected chi connectivity index (χ1v) is 14.6. The van der Waals surface area contributed by atoms with Gasteiger partial charge in [0.1, 0.15) is 0 Å². The Labute approximate surface area is 235 Å². The molecule has 3 saturated heterocycles. The summed E-state index contributed by atoms with van der Waals surface area (Å²) in [5.41, 5.74) is -1.20. The third-order valence-electron chi connectivity index (χ3n) is 8.36. The van der Waals surface area contributed by atoms with E-state index in [0.717, 1.165) is 77.3 Å². The molecular weight excluding hydrogens is 523 g/mol. The van der Waals surface area contributed by atoms with Gasteiger partial charge in [0.15, 0.2) is 5.11 Å². The third-order valence-corrected chi connectivity index (χ3v) is 8.84. The van der Waals surface area contributed by atoms with Gasteiger partial charge in [-0.2, -0.15) is 18.4 Å². The summed E-state index contributed by atoms with van der Waals surface area (Å²) in [4.78, 5) is 21.4. The lowest BCUT2D eigenvalue weighted by Crippen LogP contribution is -2.42. The topological polar surface area (TPSA) is 53.8 Å². The highest BCUT2D eigenvalue weighted by molar-refractivity contribution is 7.80. The van der Waals surface area contributed by atoms with Gasteiger partial charge in [0.25, 0.3) is 0 Å². The van der Waals surface area contributed by atoms with E-state index >= 15 is 0 Å². The number of nitrogens with zero attached hydrogens (tertiary/aromatic N) is 5. The Morgan fingerprint density at radius 1 is 1.03 bits per heavy atom. The molecule has 1 amide bonds. The van der Waals surface area contributed by atoms with Gasteiger partial charge < -0.3 is 19.6 Å². The van der Waals surface area contributed by atoms with Crippen LogP contribution in [0.1, 0.15) is 76.3 Å². The quantitative estimate of drug-likeness (QED) is 0.256. The van der Waals surface area contributed by atoms with Crippen molar-refractivity contribution in [3.63, 3.8) is 0 Å². The van der Waals surface area contributed by atoms with Crippen LogP contribution in [0.4, 0.5) is 18.9 Å². The summed E-state index contributed by atoms with van der Waals surface area (Å²) < 4.78 is 40.1. The highest BCUT2D eigenvalue weighted by Crippen LogP contribution is 2.37. The molecule has 1 unspecified atom stereocenters. The fraction of sp³-hybridized carbons (Fsp3) is 0.690. The van der Waals surface area contributed by atoms with Crippen molar-refractivity contribution in [2.24, 2.45) is 5.41 Å². The van der Waals surface area contributed by atoms with E-state index in [9.17, 15) is 18.0 Å². The van der Waals surface area contributed by atoms with Crippen LogP contribution in [0.3, 0.4) is 0 Å². The molecule has 39 heavy (non-hydrogen) atoms. The Balaban J connectivity index is 1.18. The van der Waals surface area contributed by atoms with Crippen molar-refractivity contribution in [1.82, 2.24) is 14.7 Å². The number of unbranched alkanes of at least 4 members (excludes halogenated alkanes) is 4. The number of carbonyl (C=O) groups is 1. The van der Waals surface area contributed by atoms with Crippen LogP contribution in [-0.4, -0.2) is 77.6 Å². The highest BCUT2D eigenvalue weighted by atomic mass is 32.1. The Hall–Kier alpha value is -2.38. The summed E-state index contributed by atoms with van der Waals surface area (Å²) >= 11 is 5.58. The minimum atomic E-state index is -4.59. The predicted octanol–water partition coefficient (Wildman–Crippen LogP) is 5.66. The predicted molar refractivity (Wildman–Crippen MR) is 150 cm³/mol. The van der Waals surface area contributed by atoms with E-state index in [1.165, 1.54) is 25.0 Å². The number of rotatable bonds is 11. The zero-order chi connectivity index (χ0) is 28.2. The van der Waals surface area contributed by atoms with Gasteiger partial charge in [0.05, 0.1) is 17.2 Å². The van der Waals surface area contributed by atoms with Crippen molar-refractivity contribution in [1.29, 1.82) is 5.26 Å². The Bertz CT molecular complexity index is 1080. The highest BCUT2D eigenvalue weighted by Gasteiger charge is 2.45. The fourth-order valence-electron chi connectivity index (χ4n) is 6.23. The fourth-order valence-corrected chi connectivity index (χ4v) is 6.61. The molecule has 0 radical (unpaired) electrons. The van der Waals surface area contributed by atoms with Crippen LogP contribution in [0.2, 0.25) is 0 Å². The third kappa shape index (κ3) is 7.04. The van der Waals surface area contributed by atoms with Gasteiger partial charge in [0, 0.05) is 49.9 Å². The Morgan fingerprint density at radius 2 is 1.69 bits per heavy atom. The summed E-state index contributed by atoms with van der Waals surface area (Å²) in [5.74, 6) is 0.295. The van der Waals surface area contributed by atoms with Crippen LogP contribution < -0.4 is 4.90 Å². The van der Waals surface area contributed by atoms with Crippen molar-refractivity contribution in [2.45, 2.75) is 77.4 Å². The van der Waals surface area contributed by atoms with E-state index < -0.39 is 11.7 Å². The first-order chi connectivity index (χ1) is 18.5. The van der Waals surface area contributed by atoms with E-state index in [4.69, 9.17) is 17.5 Å². The van der Waals surface area contributed by atoms with Gasteiger partial charge in [-0.05, 0) is 75.6 Å².